The zero-order chi connectivity index (χ0) is 17.6. The second kappa shape index (κ2) is 6.15. The molecule has 0 saturated carbocycles. The van der Waals surface area contributed by atoms with E-state index in [1.165, 1.54) is 17.2 Å². The van der Waals surface area contributed by atoms with Gasteiger partial charge in [0.2, 0.25) is 5.76 Å². The van der Waals surface area contributed by atoms with Crippen molar-refractivity contribution in [2.75, 3.05) is 0 Å². The molecule has 3 aromatic rings. The second-order valence-electron chi connectivity index (χ2n) is 6.51. The van der Waals surface area contributed by atoms with Crippen molar-refractivity contribution in [2.45, 2.75) is 39.2 Å². The van der Waals surface area contributed by atoms with Gasteiger partial charge in [-0.05, 0) is 49.8 Å². The average molecular weight is 358 g/mol. The highest BCUT2D eigenvalue weighted by atomic mass is 32.1. The fraction of sp³-hybridized carbons (Fsp3) is 0.389. The highest BCUT2D eigenvalue weighted by Crippen LogP contribution is 2.36. The molecule has 3 aromatic heterocycles. The number of aryl methyl sites for hydroxylation is 1. The molecule has 0 aromatic carbocycles. The first kappa shape index (κ1) is 16.1. The summed E-state index contributed by atoms with van der Waals surface area (Å²) in [6.45, 7) is 3.91. The van der Waals surface area contributed by atoms with Crippen LogP contribution in [-0.4, -0.2) is 15.9 Å². The molecule has 1 N–H and O–H groups in total. The predicted molar refractivity (Wildman–Crippen MR) is 94.0 cm³/mol. The van der Waals surface area contributed by atoms with Gasteiger partial charge < -0.3 is 14.1 Å². The van der Waals surface area contributed by atoms with E-state index in [4.69, 9.17) is 9.15 Å². The molecule has 0 radical (unpaired) electrons. The number of aromatic amines is 1. The summed E-state index contributed by atoms with van der Waals surface area (Å²) in [6, 6.07) is 3.15. The van der Waals surface area contributed by atoms with Crippen molar-refractivity contribution < 1.29 is 13.9 Å². The van der Waals surface area contributed by atoms with E-state index in [0.29, 0.717) is 17.1 Å². The Labute approximate surface area is 147 Å². The predicted octanol–water partition coefficient (Wildman–Crippen LogP) is 3.62. The lowest BCUT2D eigenvalue weighted by Crippen LogP contribution is -2.18. The molecule has 0 unspecified atom stereocenters. The van der Waals surface area contributed by atoms with Gasteiger partial charge in [0.1, 0.15) is 4.83 Å². The van der Waals surface area contributed by atoms with Crippen molar-refractivity contribution in [1.29, 1.82) is 0 Å². The minimum atomic E-state index is -0.673. The van der Waals surface area contributed by atoms with Crippen LogP contribution in [-0.2, 0) is 17.6 Å². The number of furan rings is 1. The van der Waals surface area contributed by atoms with Crippen LogP contribution in [0.2, 0.25) is 0 Å². The molecule has 2 atom stereocenters. The number of thiophene rings is 1. The molecule has 0 aliphatic heterocycles. The maximum atomic E-state index is 12.6. The first-order chi connectivity index (χ1) is 12.0. The standard InChI is InChI=1S/C18H18N2O4S/c1-9-5-6-11-13(8-9)25-17-14(11)16(21)19-15(20-17)10(2)24-18(22)12-4-3-7-23-12/h3-4,7,9-10H,5-6,8H2,1-2H3,(H,19,20,21)/t9-,10+/m0/s1. The number of esters is 1. The summed E-state index contributed by atoms with van der Waals surface area (Å²) in [6.07, 6.45) is 3.74. The van der Waals surface area contributed by atoms with Crippen molar-refractivity contribution in [2.24, 2.45) is 5.92 Å². The normalized spacial score (nSPS) is 18.1. The molecule has 7 heteroatoms. The van der Waals surface area contributed by atoms with Gasteiger partial charge in [-0.3, -0.25) is 4.79 Å². The van der Waals surface area contributed by atoms with E-state index in [9.17, 15) is 9.59 Å². The molecule has 1 aliphatic carbocycles. The zero-order valence-corrected chi connectivity index (χ0v) is 14.8. The minimum absolute atomic E-state index is 0.121. The van der Waals surface area contributed by atoms with E-state index in [2.05, 4.69) is 16.9 Å². The molecular weight excluding hydrogens is 340 g/mol. The minimum Gasteiger partial charge on any atom is -0.457 e. The quantitative estimate of drug-likeness (QED) is 0.723. The summed E-state index contributed by atoms with van der Waals surface area (Å²) >= 11 is 1.58. The van der Waals surface area contributed by atoms with Gasteiger partial charge >= 0.3 is 5.97 Å². The largest absolute Gasteiger partial charge is 0.457 e. The lowest BCUT2D eigenvalue weighted by atomic mass is 9.89. The van der Waals surface area contributed by atoms with E-state index in [0.717, 1.165) is 29.7 Å². The number of fused-ring (bicyclic) bond motifs is 3. The van der Waals surface area contributed by atoms with Gasteiger partial charge in [-0.1, -0.05) is 6.92 Å². The molecule has 0 bridgehead atoms. The number of hydrogen-bond donors (Lipinski definition) is 1. The summed E-state index contributed by atoms with van der Waals surface area (Å²) in [7, 11) is 0. The Morgan fingerprint density at radius 2 is 2.36 bits per heavy atom. The fourth-order valence-electron chi connectivity index (χ4n) is 3.23. The van der Waals surface area contributed by atoms with Gasteiger partial charge in [-0.15, -0.1) is 11.3 Å². The molecule has 0 spiro atoms. The Morgan fingerprint density at radius 1 is 1.52 bits per heavy atom. The van der Waals surface area contributed by atoms with Crippen LogP contribution in [0, 0.1) is 5.92 Å². The Bertz CT molecular complexity index is 987. The van der Waals surface area contributed by atoms with Crippen LogP contribution in [0.4, 0.5) is 0 Å². The van der Waals surface area contributed by atoms with Crippen molar-refractivity contribution in [3.63, 3.8) is 0 Å². The van der Waals surface area contributed by atoms with E-state index in [-0.39, 0.29) is 11.3 Å². The van der Waals surface area contributed by atoms with Crippen molar-refractivity contribution in [3.05, 3.63) is 50.8 Å². The van der Waals surface area contributed by atoms with E-state index < -0.39 is 12.1 Å². The van der Waals surface area contributed by atoms with Crippen molar-refractivity contribution in [3.8, 4) is 0 Å². The smallest absolute Gasteiger partial charge is 0.374 e. The molecule has 0 amide bonds. The maximum Gasteiger partial charge on any atom is 0.374 e. The number of carbonyl (C=O) groups excluding carboxylic acids is 1. The molecule has 0 saturated heterocycles. The molecule has 25 heavy (non-hydrogen) atoms. The van der Waals surface area contributed by atoms with Gasteiger partial charge in [0.25, 0.3) is 5.56 Å². The third-order valence-electron chi connectivity index (χ3n) is 4.58. The lowest BCUT2D eigenvalue weighted by Gasteiger charge is -2.17. The van der Waals surface area contributed by atoms with Crippen LogP contribution in [0.5, 0.6) is 0 Å². The van der Waals surface area contributed by atoms with Gasteiger partial charge in [0, 0.05) is 4.88 Å². The second-order valence-corrected chi connectivity index (χ2v) is 7.59. The van der Waals surface area contributed by atoms with Crippen LogP contribution in [0.1, 0.15) is 53.2 Å². The zero-order valence-electron chi connectivity index (χ0n) is 14.0. The first-order valence-electron chi connectivity index (χ1n) is 8.32. The Morgan fingerprint density at radius 3 is 3.12 bits per heavy atom. The summed E-state index contributed by atoms with van der Waals surface area (Å²) in [5.74, 6) is 0.520. The molecular formula is C18H18N2O4S. The number of rotatable bonds is 3. The topological polar surface area (TPSA) is 85.2 Å². The maximum absolute atomic E-state index is 12.6. The number of nitrogens with one attached hydrogen (secondary N) is 1. The fourth-order valence-corrected chi connectivity index (χ4v) is 4.62. The van der Waals surface area contributed by atoms with Gasteiger partial charge in [-0.2, -0.15) is 0 Å². The third-order valence-corrected chi connectivity index (χ3v) is 5.72. The molecule has 130 valence electrons. The van der Waals surface area contributed by atoms with Gasteiger partial charge in [-0.25, -0.2) is 9.78 Å². The summed E-state index contributed by atoms with van der Waals surface area (Å²) < 4.78 is 10.4. The number of nitrogens with zero attached hydrogens (tertiary/aromatic N) is 1. The summed E-state index contributed by atoms with van der Waals surface area (Å²) in [5, 5.41) is 0.695. The van der Waals surface area contributed by atoms with E-state index >= 15 is 0 Å². The van der Waals surface area contributed by atoms with Crippen LogP contribution >= 0.6 is 11.3 Å². The number of H-pyrrole nitrogens is 1. The number of aromatic nitrogens is 2. The summed E-state index contributed by atoms with van der Waals surface area (Å²) in [4.78, 5) is 33.9. The molecule has 1 aliphatic rings. The third kappa shape index (κ3) is 2.89. The Hall–Kier alpha value is -2.41. The van der Waals surface area contributed by atoms with E-state index in [1.54, 1.807) is 24.3 Å². The first-order valence-corrected chi connectivity index (χ1v) is 9.13. The molecule has 0 fully saturated rings. The number of ether oxygens (including phenoxy) is 1. The monoisotopic (exact) mass is 358 g/mol. The SMILES string of the molecule is C[C@H]1CCc2c(sc3nc([C@@H](C)OC(=O)c4ccco4)[nH]c(=O)c23)C1. The Kier molecular flexibility index (Phi) is 3.95. The molecule has 6 nitrogen and oxygen atoms in total. The van der Waals surface area contributed by atoms with E-state index in [1.807, 2.05) is 0 Å². The van der Waals surface area contributed by atoms with Gasteiger partial charge in [0.05, 0.1) is 11.6 Å². The summed E-state index contributed by atoms with van der Waals surface area (Å²) in [5.41, 5.74) is 0.978. The number of carbonyl (C=O) groups is 1. The molecule has 4 rings (SSSR count). The van der Waals surface area contributed by atoms with Crippen molar-refractivity contribution in [1.82, 2.24) is 9.97 Å². The van der Waals surface area contributed by atoms with Crippen LogP contribution < -0.4 is 5.56 Å². The molecule has 3 heterocycles. The van der Waals surface area contributed by atoms with Crippen LogP contribution in [0.25, 0.3) is 10.2 Å². The highest BCUT2D eigenvalue weighted by molar-refractivity contribution is 7.18. The van der Waals surface area contributed by atoms with Crippen molar-refractivity contribution >= 4 is 27.5 Å². The lowest BCUT2D eigenvalue weighted by molar-refractivity contribution is 0.0284. The van der Waals surface area contributed by atoms with Crippen LogP contribution in [0.3, 0.4) is 0 Å². The highest BCUT2D eigenvalue weighted by Gasteiger charge is 2.24. The number of hydrogen-bond acceptors (Lipinski definition) is 6. The van der Waals surface area contributed by atoms with Gasteiger partial charge in [0.15, 0.2) is 11.9 Å². The Balaban J connectivity index is 1.67. The van der Waals surface area contributed by atoms with Crippen LogP contribution in [0.15, 0.2) is 27.6 Å². The average Bonchev–Trinajstić information content (AvgIpc) is 3.21.